The third kappa shape index (κ3) is 0.937. The molecule has 0 fully saturated rings. The van der Waals surface area contributed by atoms with Crippen molar-refractivity contribution < 1.29 is 0 Å². The Labute approximate surface area is 41.9 Å². The molecular formula is C4H7NS. The first kappa shape index (κ1) is 4.06. The van der Waals surface area contributed by atoms with E-state index in [0.717, 1.165) is 0 Å². The minimum Gasteiger partial charge on any atom is -0.337 e. The molecule has 1 heterocycles. The quantitative estimate of drug-likeness (QED) is 0.459. The Bertz CT molecular complexity index is 52.6. The van der Waals surface area contributed by atoms with Gasteiger partial charge in [-0.15, -0.1) is 0 Å². The lowest BCUT2D eigenvalue weighted by molar-refractivity contribution is 1.17. The maximum atomic E-state index is 3.02. The van der Waals surface area contributed by atoms with Crippen LogP contribution < -0.4 is 4.72 Å². The number of allylic oxidation sites excluding steroid dienone is 1. The minimum atomic E-state index is 1.22. The zero-order valence-electron chi connectivity index (χ0n) is 3.48. The van der Waals surface area contributed by atoms with Crippen molar-refractivity contribution in [2.45, 2.75) is 6.42 Å². The lowest BCUT2D eigenvalue weighted by Gasteiger charge is -2.00. The molecule has 0 aromatic rings. The molecule has 2 heteroatoms. The minimum absolute atomic E-state index is 1.22. The highest BCUT2D eigenvalue weighted by Gasteiger charge is 1.85. The standard InChI is InChI=1S/C4H7NS/c1-2-4-6-5-3-1/h1,3,5H,2,4H2. The Hall–Kier alpha value is -0.110. The molecule has 1 aliphatic rings. The van der Waals surface area contributed by atoms with Gasteiger partial charge in [0.15, 0.2) is 0 Å². The van der Waals surface area contributed by atoms with E-state index in [1.807, 2.05) is 6.20 Å². The van der Waals surface area contributed by atoms with Crippen molar-refractivity contribution in [2.75, 3.05) is 5.75 Å². The average molecular weight is 101 g/mol. The monoisotopic (exact) mass is 101 g/mol. The highest BCUT2D eigenvalue weighted by atomic mass is 32.2. The Morgan fingerprint density at radius 1 is 1.67 bits per heavy atom. The fraction of sp³-hybridized carbons (Fsp3) is 0.500. The van der Waals surface area contributed by atoms with E-state index in [4.69, 9.17) is 0 Å². The van der Waals surface area contributed by atoms with Crippen LogP contribution in [0.5, 0.6) is 0 Å². The van der Waals surface area contributed by atoms with E-state index >= 15 is 0 Å². The second kappa shape index (κ2) is 2.13. The van der Waals surface area contributed by atoms with Crippen molar-refractivity contribution in [1.29, 1.82) is 0 Å². The van der Waals surface area contributed by atoms with Gasteiger partial charge in [0, 0.05) is 12.0 Å². The van der Waals surface area contributed by atoms with Crippen molar-refractivity contribution in [3.8, 4) is 0 Å². The van der Waals surface area contributed by atoms with Gasteiger partial charge in [-0.05, 0) is 6.42 Å². The number of hydrogen-bond donors (Lipinski definition) is 1. The maximum absolute atomic E-state index is 3.02. The molecule has 0 aromatic heterocycles. The number of nitrogens with one attached hydrogen (secondary N) is 1. The zero-order valence-corrected chi connectivity index (χ0v) is 4.29. The summed E-state index contributed by atoms with van der Waals surface area (Å²) in [4.78, 5) is 0. The number of rotatable bonds is 0. The second-order valence-corrected chi connectivity index (χ2v) is 2.09. The topological polar surface area (TPSA) is 12.0 Å². The van der Waals surface area contributed by atoms with Gasteiger partial charge in [-0.1, -0.05) is 18.0 Å². The molecule has 1 aliphatic heterocycles. The molecule has 6 heavy (non-hydrogen) atoms. The van der Waals surface area contributed by atoms with Crippen LogP contribution in [0.3, 0.4) is 0 Å². The van der Waals surface area contributed by atoms with Crippen molar-refractivity contribution >= 4 is 11.9 Å². The Kier molecular flexibility index (Phi) is 1.44. The molecule has 1 nitrogen and oxygen atoms in total. The Morgan fingerprint density at radius 3 is 2.83 bits per heavy atom. The normalized spacial score (nSPS) is 20.0. The fourth-order valence-electron chi connectivity index (χ4n) is 0.365. The van der Waals surface area contributed by atoms with Gasteiger partial charge < -0.3 is 4.72 Å². The smallest absolute Gasteiger partial charge is 0.0167 e. The van der Waals surface area contributed by atoms with Crippen molar-refractivity contribution in [2.24, 2.45) is 0 Å². The molecule has 0 bridgehead atoms. The van der Waals surface area contributed by atoms with Crippen LogP contribution in [0.4, 0.5) is 0 Å². The summed E-state index contributed by atoms with van der Waals surface area (Å²) in [6, 6.07) is 0. The predicted molar refractivity (Wildman–Crippen MR) is 29.4 cm³/mol. The van der Waals surface area contributed by atoms with Gasteiger partial charge in [-0.25, -0.2) is 0 Å². The van der Waals surface area contributed by atoms with Crippen LogP contribution in [-0.2, 0) is 0 Å². The van der Waals surface area contributed by atoms with Gasteiger partial charge in [0.1, 0.15) is 0 Å². The molecular weight excluding hydrogens is 94.1 g/mol. The average Bonchev–Trinajstić information content (AvgIpc) is 1.72. The fourth-order valence-corrected chi connectivity index (χ4v) is 0.930. The Balaban J connectivity index is 2.26. The van der Waals surface area contributed by atoms with Crippen LogP contribution in [-0.4, -0.2) is 5.75 Å². The summed E-state index contributed by atoms with van der Waals surface area (Å²) in [6.45, 7) is 0. The van der Waals surface area contributed by atoms with Gasteiger partial charge in [0.2, 0.25) is 0 Å². The summed E-state index contributed by atoms with van der Waals surface area (Å²) in [7, 11) is 0. The molecule has 0 spiro atoms. The van der Waals surface area contributed by atoms with E-state index in [-0.39, 0.29) is 0 Å². The third-order valence-corrected chi connectivity index (χ3v) is 1.40. The molecule has 1 N–H and O–H groups in total. The molecule has 0 aliphatic carbocycles. The summed E-state index contributed by atoms with van der Waals surface area (Å²) in [5.41, 5.74) is 0. The van der Waals surface area contributed by atoms with Crippen molar-refractivity contribution in [3.63, 3.8) is 0 Å². The van der Waals surface area contributed by atoms with E-state index < -0.39 is 0 Å². The van der Waals surface area contributed by atoms with Crippen molar-refractivity contribution in [1.82, 2.24) is 4.72 Å². The van der Waals surface area contributed by atoms with Crippen LogP contribution >= 0.6 is 11.9 Å². The van der Waals surface area contributed by atoms with E-state index in [1.165, 1.54) is 12.2 Å². The SMILES string of the molecule is C1=CNSCC1. The molecule has 0 amide bonds. The largest absolute Gasteiger partial charge is 0.337 e. The summed E-state index contributed by atoms with van der Waals surface area (Å²) in [6.07, 6.45) is 5.34. The van der Waals surface area contributed by atoms with Crippen LogP contribution in [0.2, 0.25) is 0 Å². The lowest BCUT2D eigenvalue weighted by Crippen LogP contribution is -1.97. The van der Waals surface area contributed by atoms with Gasteiger partial charge in [-0.2, -0.15) is 0 Å². The highest BCUT2D eigenvalue weighted by Crippen LogP contribution is 2.01. The van der Waals surface area contributed by atoms with E-state index in [2.05, 4.69) is 10.8 Å². The maximum Gasteiger partial charge on any atom is 0.0167 e. The third-order valence-electron chi connectivity index (χ3n) is 0.656. The molecule has 0 saturated carbocycles. The van der Waals surface area contributed by atoms with Crippen LogP contribution in [0.1, 0.15) is 6.42 Å². The van der Waals surface area contributed by atoms with Crippen LogP contribution in [0, 0.1) is 0 Å². The summed E-state index contributed by atoms with van der Waals surface area (Å²) in [5, 5.41) is 0. The van der Waals surface area contributed by atoms with Crippen LogP contribution in [0.15, 0.2) is 12.3 Å². The summed E-state index contributed by atoms with van der Waals surface area (Å²) in [5.74, 6) is 1.22. The van der Waals surface area contributed by atoms with Crippen LogP contribution in [0.25, 0.3) is 0 Å². The molecule has 0 saturated heterocycles. The van der Waals surface area contributed by atoms with Gasteiger partial charge in [0.05, 0.1) is 0 Å². The molecule has 0 radical (unpaired) electrons. The van der Waals surface area contributed by atoms with E-state index in [9.17, 15) is 0 Å². The molecule has 0 aromatic carbocycles. The highest BCUT2D eigenvalue weighted by molar-refractivity contribution is 7.97. The predicted octanol–water partition coefficient (Wildman–Crippen LogP) is 1.14. The van der Waals surface area contributed by atoms with Gasteiger partial charge >= 0.3 is 0 Å². The summed E-state index contributed by atoms with van der Waals surface area (Å²) >= 11 is 1.76. The van der Waals surface area contributed by atoms with Gasteiger partial charge in [-0.3, -0.25) is 0 Å². The summed E-state index contributed by atoms with van der Waals surface area (Å²) < 4.78 is 3.02. The molecule has 0 unspecified atom stereocenters. The zero-order chi connectivity index (χ0) is 4.24. The molecule has 1 rings (SSSR count). The first-order valence-corrected chi connectivity index (χ1v) is 3.01. The van der Waals surface area contributed by atoms with Crippen molar-refractivity contribution in [3.05, 3.63) is 12.3 Å². The second-order valence-electron chi connectivity index (χ2n) is 1.16. The van der Waals surface area contributed by atoms with Gasteiger partial charge in [0.25, 0.3) is 0 Å². The lowest BCUT2D eigenvalue weighted by atomic mass is 10.5. The van der Waals surface area contributed by atoms with E-state index in [1.54, 1.807) is 11.9 Å². The molecule has 34 valence electrons. The first-order valence-electron chi connectivity index (χ1n) is 2.02. The van der Waals surface area contributed by atoms with E-state index in [0.29, 0.717) is 0 Å². The first-order chi connectivity index (χ1) is 3.00. The Morgan fingerprint density at radius 2 is 2.67 bits per heavy atom. The molecule has 0 atom stereocenters. The number of hydrogen-bond acceptors (Lipinski definition) is 2.